The summed E-state index contributed by atoms with van der Waals surface area (Å²) in [7, 11) is 0. The Balaban J connectivity index is 1.03. The van der Waals surface area contributed by atoms with Gasteiger partial charge in [-0.2, -0.15) is 0 Å². The molecule has 0 N–H and O–H groups in total. The highest BCUT2D eigenvalue weighted by Gasteiger charge is 2.16. The van der Waals surface area contributed by atoms with Crippen molar-refractivity contribution in [3.8, 4) is 22.3 Å². The molecule has 52 heavy (non-hydrogen) atoms. The number of ketones is 4. The van der Waals surface area contributed by atoms with Gasteiger partial charge in [0.2, 0.25) is 0 Å². The Hall–Kier alpha value is -6.78. The summed E-state index contributed by atoms with van der Waals surface area (Å²) in [5.41, 5.74) is 10.1. The lowest BCUT2D eigenvalue weighted by Gasteiger charge is -2.08. The van der Waals surface area contributed by atoms with Crippen molar-refractivity contribution in [1.29, 1.82) is 0 Å². The van der Waals surface area contributed by atoms with Crippen molar-refractivity contribution < 1.29 is 19.2 Å². The summed E-state index contributed by atoms with van der Waals surface area (Å²) in [5, 5.41) is 0. The summed E-state index contributed by atoms with van der Waals surface area (Å²) in [6.45, 7) is 3.98. The average Bonchev–Trinajstić information content (AvgIpc) is 3.20. The topological polar surface area (TPSA) is 68.3 Å². The van der Waals surface area contributed by atoms with Crippen LogP contribution in [-0.4, -0.2) is 23.1 Å². The zero-order valence-electron chi connectivity index (χ0n) is 28.8. The monoisotopic (exact) mass is 674 g/mol. The molecule has 0 bridgehead atoms. The van der Waals surface area contributed by atoms with Crippen molar-refractivity contribution in [2.45, 2.75) is 13.8 Å². The normalized spacial score (nSPS) is 10.8. The highest BCUT2D eigenvalue weighted by molar-refractivity contribution is 6.14. The van der Waals surface area contributed by atoms with E-state index in [4.69, 9.17) is 0 Å². The van der Waals surface area contributed by atoms with Crippen molar-refractivity contribution in [2.24, 2.45) is 0 Å². The van der Waals surface area contributed by atoms with E-state index in [1.807, 2.05) is 135 Å². The molecule has 0 amide bonds. The molecular weight excluding hydrogens is 641 g/mol. The minimum atomic E-state index is -0.191. The molecule has 4 nitrogen and oxygen atoms in total. The van der Waals surface area contributed by atoms with Crippen molar-refractivity contribution in [1.82, 2.24) is 0 Å². The first-order valence-corrected chi connectivity index (χ1v) is 17.1. The van der Waals surface area contributed by atoms with Gasteiger partial charge in [-0.05, 0) is 48.2 Å². The summed E-state index contributed by atoms with van der Waals surface area (Å²) in [6, 6.07) is 51.4. The van der Waals surface area contributed by atoms with Crippen LogP contribution in [0.3, 0.4) is 0 Å². The zero-order chi connectivity index (χ0) is 36.2. The van der Waals surface area contributed by atoms with Crippen LogP contribution in [-0.2, 0) is 0 Å². The molecule has 7 aromatic carbocycles. The third-order valence-corrected chi connectivity index (χ3v) is 9.25. The third-order valence-electron chi connectivity index (χ3n) is 9.25. The first-order chi connectivity index (χ1) is 25.2. The summed E-state index contributed by atoms with van der Waals surface area (Å²) in [4.78, 5) is 53.0. The molecule has 7 rings (SSSR count). The van der Waals surface area contributed by atoms with E-state index in [0.29, 0.717) is 44.5 Å². The first-order valence-electron chi connectivity index (χ1n) is 17.1. The Labute approximate surface area is 303 Å². The fourth-order valence-electron chi connectivity index (χ4n) is 6.16. The van der Waals surface area contributed by atoms with Gasteiger partial charge in [-0.3, -0.25) is 19.2 Å². The molecule has 7 aromatic rings. The fraction of sp³-hybridized carbons (Fsp3) is 0.0417. The van der Waals surface area contributed by atoms with Crippen LogP contribution in [0.25, 0.3) is 22.3 Å². The highest BCUT2D eigenvalue weighted by Crippen LogP contribution is 2.25. The van der Waals surface area contributed by atoms with Gasteiger partial charge in [0, 0.05) is 44.5 Å². The molecule has 0 aliphatic heterocycles. The van der Waals surface area contributed by atoms with Crippen molar-refractivity contribution >= 4 is 23.1 Å². The van der Waals surface area contributed by atoms with Crippen LogP contribution in [0.1, 0.15) is 74.8 Å². The molecule has 0 atom stereocenters. The molecule has 0 fully saturated rings. The van der Waals surface area contributed by atoms with Gasteiger partial charge >= 0.3 is 0 Å². The van der Waals surface area contributed by atoms with E-state index in [1.54, 1.807) is 48.5 Å². The van der Waals surface area contributed by atoms with Crippen molar-refractivity contribution in [2.75, 3.05) is 0 Å². The van der Waals surface area contributed by atoms with Crippen LogP contribution < -0.4 is 0 Å². The maximum absolute atomic E-state index is 13.5. The highest BCUT2D eigenvalue weighted by atomic mass is 16.1. The van der Waals surface area contributed by atoms with Crippen LogP contribution in [0.4, 0.5) is 0 Å². The standard InChI is InChI=1S/C48H34O4/c1-31-9-13-36(14-10-31)45(49)38-23-17-33(18-24-38)34-19-25-39(26-20-34)47(51)43-7-4-8-44(30-43)48(52)40-27-21-35(22-28-40)41-5-3-6-42(29-41)46(50)37-15-11-32(2)12-16-37/h3-30H,1-2H3. The number of benzene rings is 7. The minimum Gasteiger partial charge on any atom is -0.289 e. The van der Waals surface area contributed by atoms with Crippen LogP contribution in [0.5, 0.6) is 0 Å². The quantitative estimate of drug-likeness (QED) is 0.135. The lowest BCUT2D eigenvalue weighted by atomic mass is 9.94. The Morgan fingerprint density at radius 1 is 0.269 bits per heavy atom. The van der Waals surface area contributed by atoms with Gasteiger partial charge in [-0.25, -0.2) is 0 Å². The summed E-state index contributed by atoms with van der Waals surface area (Å²) < 4.78 is 0. The van der Waals surface area contributed by atoms with Crippen LogP contribution in [0, 0.1) is 13.8 Å². The Morgan fingerprint density at radius 3 is 0.904 bits per heavy atom. The predicted octanol–water partition coefficient (Wildman–Crippen LogP) is 10.6. The number of hydrogen-bond donors (Lipinski definition) is 0. The second kappa shape index (κ2) is 14.6. The van der Waals surface area contributed by atoms with E-state index < -0.39 is 0 Å². The van der Waals surface area contributed by atoms with Crippen LogP contribution in [0.2, 0.25) is 0 Å². The van der Waals surface area contributed by atoms with Crippen molar-refractivity contribution in [3.05, 3.63) is 225 Å². The number of hydrogen-bond acceptors (Lipinski definition) is 4. The second-order valence-corrected chi connectivity index (χ2v) is 12.9. The lowest BCUT2D eigenvalue weighted by Crippen LogP contribution is -2.06. The summed E-state index contributed by atoms with van der Waals surface area (Å²) in [5.74, 6) is -0.448. The van der Waals surface area contributed by atoms with E-state index in [0.717, 1.165) is 33.4 Å². The molecule has 0 saturated carbocycles. The fourth-order valence-corrected chi connectivity index (χ4v) is 6.16. The lowest BCUT2D eigenvalue weighted by molar-refractivity contribution is 0.102. The van der Waals surface area contributed by atoms with Crippen molar-refractivity contribution in [3.63, 3.8) is 0 Å². The Kier molecular flexibility index (Phi) is 9.46. The van der Waals surface area contributed by atoms with E-state index >= 15 is 0 Å². The Bertz CT molecular complexity index is 2440. The molecule has 0 aromatic heterocycles. The maximum atomic E-state index is 13.5. The van der Waals surface area contributed by atoms with Crippen LogP contribution in [0.15, 0.2) is 170 Å². The second-order valence-electron chi connectivity index (χ2n) is 12.9. The Morgan fingerprint density at radius 2 is 0.538 bits per heavy atom. The molecule has 0 heterocycles. The number of rotatable bonds is 10. The van der Waals surface area contributed by atoms with E-state index in [9.17, 15) is 19.2 Å². The third kappa shape index (κ3) is 7.23. The number of aryl methyl sites for hydroxylation is 2. The largest absolute Gasteiger partial charge is 0.289 e. The van der Waals surface area contributed by atoms with Gasteiger partial charge in [0.15, 0.2) is 23.1 Å². The van der Waals surface area contributed by atoms with E-state index in [-0.39, 0.29) is 23.1 Å². The van der Waals surface area contributed by atoms with Gasteiger partial charge in [-0.15, -0.1) is 0 Å². The molecule has 0 aliphatic rings. The number of carbonyl (C=O) groups is 4. The molecule has 250 valence electrons. The molecule has 0 radical (unpaired) electrons. The minimum absolute atomic E-state index is 0.0283. The van der Waals surface area contributed by atoms with Gasteiger partial charge in [0.1, 0.15) is 0 Å². The van der Waals surface area contributed by atoms with Crippen LogP contribution >= 0.6 is 0 Å². The summed E-state index contributed by atoms with van der Waals surface area (Å²) in [6.07, 6.45) is 0. The molecule has 0 saturated heterocycles. The average molecular weight is 675 g/mol. The first kappa shape index (κ1) is 33.7. The van der Waals surface area contributed by atoms with Gasteiger partial charge in [-0.1, -0.05) is 169 Å². The predicted molar refractivity (Wildman–Crippen MR) is 206 cm³/mol. The molecular formula is C48H34O4. The van der Waals surface area contributed by atoms with E-state index in [2.05, 4.69) is 0 Å². The smallest absolute Gasteiger partial charge is 0.193 e. The number of carbonyl (C=O) groups excluding carboxylic acids is 4. The van der Waals surface area contributed by atoms with Gasteiger partial charge < -0.3 is 0 Å². The molecule has 0 spiro atoms. The van der Waals surface area contributed by atoms with Gasteiger partial charge in [0.05, 0.1) is 0 Å². The zero-order valence-corrected chi connectivity index (χ0v) is 28.8. The molecule has 0 aliphatic carbocycles. The van der Waals surface area contributed by atoms with E-state index in [1.165, 1.54) is 0 Å². The van der Waals surface area contributed by atoms with Gasteiger partial charge in [0.25, 0.3) is 0 Å². The molecule has 4 heteroatoms. The molecule has 0 unspecified atom stereocenters. The SMILES string of the molecule is Cc1ccc(C(=O)c2ccc(-c3ccc(C(=O)c4cccc(C(=O)c5ccc(-c6cccc(C(=O)c7ccc(C)cc7)c6)cc5)c4)cc3)cc2)cc1. The maximum Gasteiger partial charge on any atom is 0.193 e. The summed E-state index contributed by atoms with van der Waals surface area (Å²) >= 11 is 0.